The van der Waals surface area contributed by atoms with Crippen LogP contribution in [0.2, 0.25) is 0 Å². The molecular formula is C68H125NO8P+. The van der Waals surface area contributed by atoms with Gasteiger partial charge in [0.25, 0.3) is 0 Å². The van der Waals surface area contributed by atoms with Crippen LogP contribution in [0.25, 0.3) is 0 Å². The van der Waals surface area contributed by atoms with Gasteiger partial charge in [0.05, 0.1) is 27.7 Å². The van der Waals surface area contributed by atoms with Gasteiger partial charge in [-0.1, -0.05) is 292 Å². The molecule has 0 spiro atoms. The summed E-state index contributed by atoms with van der Waals surface area (Å²) < 4.78 is 34.7. The number of allylic oxidation sites excluding steroid dienone is 12. The zero-order valence-electron chi connectivity index (χ0n) is 51.6. The van der Waals surface area contributed by atoms with Crippen LogP contribution in [0.5, 0.6) is 0 Å². The second-order valence-corrected chi connectivity index (χ2v) is 24.6. The smallest absolute Gasteiger partial charge is 0.462 e. The van der Waals surface area contributed by atoms with Crippen LogP contribution in [0.1, 0.15) is 296 Å². The number of phosphoric acid groups is 1. The summed E-state index contributed by atoms with van der Waals surface area (Å²) in [6, 6.07) is 0. The predicted octanol–water partition coefficient (Wildman–Crippen LogP) is 20.8. The Kier molecular flexibility index (Phi) is 57.2. The Hall–Kier alpha value is -2.55. The number of esters is 2. The molecule has 9 nitrogen and oxygen atoms in total. The number of quaternary nitrogens is 1. The average molecular weight is 1120 g/mol. The van der Waals surface area contributed by atoms with Crippen molar-refractivity contribution in [2.45, 2.75) is 302 Å². The zero-order valence-corrected chi connectivity index (χ0v) is 52.5. The maximum absolute atomic E-state index is 12.9. The van der Waals surface area contributed by atoms with E-state index >= 15 is 0 Å². The molecular weight excluding hydrogens is 990 g/mol. The number of unbranched alkanes of at least 4 members (excludes halogenated alkanes) is 34. The Balaban J connectivity index is 4.06. The molecule has 2 atom stereocenters. The van der Waals surface area contributed by atoms with Crippen LogP contribution < -0.4 is 0 Å². The fraction of sp³-hybridized carbons (Fsp3) is 0.794. The van der Waals surface area contributed by atoms with Gasteiger partial charge in [-0.25, -0.2) is 4.57 Å². The van der Waals surface area contributed by atoms with E-state index in [4.69, 9.17) is 18.5 Å². The van der Waals surface area contributed by atoms with Crippen LogP contribution in [-0.4, -0.2) is 74.9 Å². The Labute approximate surface area is 482 Å². The molecule has 0 aromatic carbocycles. The van der Waals surface area contributed by atoms with E-state index in [1.807, 2.05) is 21.1 Å². The van der Waals surface area contributed by atoms with Crippen molar-refractivity contribution in [2.24, 2.45) is 0 Å². The van der Waals surface area contributed by atoms with Gasteiger partial charge in [-0.3, -0.25) is 18.6 Å². The monoisotopic (exact) mass is 1110 g/mol. The van der Waals surface area contributed by atoms with Crippen LogP contribution in [0.3, 0.4) is 0 Å². The van der Waals surface area contributed by atoms with Crippen molar-refractivity contribution < 1.29 is 42.1 Å². The fourth-order valence-electron chi connectivity index (χ4n) is 9.26. The first-order valence-electron chi connectivity index (χ1n) is 32.7. The third kappa shape index (κ3) is 62.6. The summed E-state index contributed by atoms with van der Waals surface area (Å²) in [5, 5.41) is 0. The van der Waals surface area contributed by atoms with Crippen molar-refractivity contribution in [3.8, 4) is 0 Å². The molecule has 0 radical (unpaired) electrons. The largest absolute Gasteiger partial charge is 0.472 e. The van der Waals surface area contributed by atoms with E-state index in [9.17, 15) is 19.0 Å². The van der Waals surface area contributed by atoms with Gasteiger partial charge in [-0.2, -0.15) is 0 Å². The Morgan fingerprint density at radius 2 is 0.731 bits per heavy atom. The second kappa shape index (κ2) is 59.1. The third-order valence-electron chi connectivity index (χ3n) is 14.3. The van der Waals surface area contributed by atoms with Crippen molar-refractivity contribution in [1.29, 1.82) is 0 Å². The van der Waals surface area contributed by atoms with Crippen molar-refractivity contribution >= 4 is 19.8 Å². The fourth-order valence-corrected chi connectivity index (χ4v) is 10.00. The van der Waals surface area contributed by atoms with E-state index in [1.54, 1.807) is 0 Å². The predicted molar refractivity (Wildman–Crippen MR) is 335 cm³/mol. The Morgan fingerprint density at radius 1 is 0.410 bits per heavy atom. The minimum absolute atomic E-state index is 0.0317. The first-order valence-corrected chi connectivity index (χ1v) is 34.2. The van der Waals surface area contributed by atoms with Crippen LogP contribution in [0.4, 0.5) is 0 Å². The molecule has 2 unspecified atom stereocenters. The van der Waals surface area contributed by atoms with E-state index in [0.29, 0.717) is 23.9 Å². The Morgan fingerprint density at radius 3 is 1.09 bits per heavy atom. The van der Waals surface area contributed by atoms with E-state index < -0.39 is 26.5 Å². The lowest BCUT2D eigenvalue weighted by Crippen LogP contribution is -2.37. The van der Waals surface area contributed by atoms with Gasteiger partial charge in [-0.15, -0.1) is 0 Å². The molecule has 0 amide bonds. The van der Waals surface area contributed by atoms with Crippen LogP contribution in [0, 0.1) is 0 Å². The molecule has 0 aliphatic rings. The topological polar surface area (TPSA) is 108 Å². The lowest BCUT2D eigenvalue weighted by atomic mass is 10.0. The minimum Gasteiger partial charge on any atom is -0.462 e. The summed E-state index contributed by atoms with van der Waals surface area (Å²) in [5.74, 6) is -0.785. The Bertz CT molecular complexity index is 1550. The number of carbonyl (C=O) groups is 2. The molecule has 0 aromatic rings. The summed E-state index contributed by atoms with van der Waals surface area (Å²) in [7, 11) is 1.49. The maximum Gasteiger partial charge on any atom is 0.472 e. The van der Waals surface area contributed by atoms with Crippen LogP contribution in [0.15, 0.2) is 72.9 Å². The number of nitrogens with zero attached hydrogens (tertiary/aromatic N) is 1. The first kappa shape index (κ1) is 75.5. The molecule has 0 bridgehead atoms. The lowest BCUT2D eigenvalue weighted by Gasteiger charge is -2.24. The highest BCUT2D eigenvalue weighted by Gasteiger charge is 2.27. The highest BCUT2D eigenvalue weighted by molar-refractivity contribution is 7.47. The summed E-state index contributed by atoms with van der Waals surface area (Å²) in [4.78, 5) is 35.8. The van der Waals surface area contributed by atoms with E-state index in [2.05, 4.69) is 86.8 Å². The van der Waals surface area contributed by atoms with E-state index in [0.717, 1.165) is 77.0 Å². The van der Waals surface area contributed by atoms with Crippen molar-refractivity contribution in [1.82, 2.24) is 0 Å². The van der Waals surface area contributed by atoms with Crippen molar-refractivity contribution in [3.05, 3.63) is 72.9 Å². The van der Waals surface area contributed by atoms with Gasteiger partial charge in [0.2, 0.25) is 0 Å². The molecule has 0 rings (SSSR count). The lowest BCUT2D eigenvalue weighted by molar-refractivity contribution is -0.870. The summed E-state index contributed by atoms with van der Waals surface area (Å²) in [6.45, 7) is 4.36. The minimum atomic E-state index is -4.39. The summed E-state index contributed by atoms with van der Waals surface area (Å²) in [5.41, 5.74) is 0. The molecule has 78 heavy (non-hydrogen) atoms. The number of rotatable bonds is 60. The summed E-state index contributed by atoms with van der Waals surface area (Å²) in [6.07, 6.45) is 78.4. The first-order chi connectivity index (χ1) is 38.0. The third-order valence-corrected chi connectivity index (χ3v) is 15.2. The average Bonchev–Trinajstić information content (AvgIpc) is 3.41. The van der Waals surface area contributed by atoms with Crippen LogP contribution >= 0.6 is 7.82 Å². The second-order valence-electron chi connectivity index (χ2n) is 23.1. The van der Waals surface area contributed by atoms with Crippen molar-refractivity contribution in [3.63, 3.8) is 0 Å². The normalized spacial score (nSPS) is 13.7. The molecule has 0 saturated carbocycles. The number of hydrogen-bond acceptors (Lipinski definition) is 7. The highest BCUT2D eigenvalue weighted by Crippen LogP contribution is 2.43. The van der Waals surface area contributed by atoms with E-state index in [-0.39, 0.29) is 25.6 Å². The zero-order chi connectivity index (χ0) is 57.0. The molecule has 0 fully saturated rings. The number of ether oxygens (including phenoxy) is 2. The van der Waals surface area contributed by atoms with Crippen LogP contribution in [-0.2, 0) is 32.7 Å². The maximum atomic E-state index is 12.9. The van der Waals surface area contributed by atoms with Gasteiger partial charge in [0.1, 0.15) is 19.8 Å². The number of carbonyl (C=O) groups excluding carboxylic acids is 2. The molecule has 0 aliphatic carbocycles. The SMILES string of the molecule is CC/C=C\C/C=C\C/C=C\C/C=C\C/C=C\C/C=C\CCCCCCCCCCCCCCCCC(=O)OC(COC(=O)CCCCCCCCCCCCCCCCCCCCCCC)COP(=O)(O)OCC[N+](C)(C)C. The van der Waals surface area contributed by atoms with Gasteiger partial charge >= 0.3 is 19.8 Å². The summed E-state index contributed by atoms with van der Waals surface area (Å²) >= 11 is 0. The van der Waals surface area contributed by atoms with Crippen molar-refractivity contribution in [2.75, 3.05) is 47.5 Å². The van der Waals surface area contributed by atoms with Gasteiger partial charge in [0, 0.05) is 12.8 Å². The molecule has 0 aromatic heterocycles. The molecule has 0 heterocycles. The van der Waals surface area contributed by atoms with Gasteiger partial charge in [0.15, 0.2) is 6.10 Å². The number of hydrogen-bond donors (Lipinski definition) is 1. The number of likely N-dealkylation sites (N-methyl/N-ethyl adjacent to an activating group) is 1. The highest BCUT2D eigenvalue weighted by atomic mass is 31.2. The van der Waals surface area contributed by atoms with Gasteiger partial charge in [-0.05, 0) is 64.2 Å². The standard InChI is InChI=1S/C68H124NO8P/c1-6-8-10-12-14-16-18-20-22-24-26-28-29-30-31-32-33-34-35-36-37-38-39-41-43-45-47-49-51-53-55-57-59-61-68(71)77-66(65-76-78(72,73)75-63-62-69(3,4)5)64-74-67(70)60-58-56-54-52-50-48-46-44-42-40-27-25-23-21-19-17-15-13-11-9-7-2/h8,10,14,16,20,22,26,28,30-31,33-34,66H,6-7,9,11-13,15,17-19,21,23-25,27,29,32,35-65H2,1-5H3/p+1/b10-8-,16-14-,22-20-,28-26-,31-30-,34-33-. The number of phosphoric ester groups is 1. The molecule has 1 N–H and O–H groups in total. The quantitative estimate of drug-likeness (QED) is 0.0211. The molecule has 10 heteroatoms. The van der Waals surface area contributed by atoms with Gasteiger partial charge < -0.3 is 18.9 Å². The molecule has 454 valence electrons. The molecule has 0 aliphatic heterocycles. The van der Waals surface area contributed by atoms with E-state index in [1.165, 1.54) is 186 Å². The molecule has 0 saturated heterocycles.